The largest absolute Gasteiger partial charge is 0.444 e. The Morgan fingerprint density at radius 1 is 0.964 bits per heavy atom. The summed E-state index contributed by atoms with van der Waals surface area (Å²) in [6.45, 7) is 8.03. The molecule has 0 heterocycles. The van der Waals surface area contributed by atoms with E-state index in [1.807, 2.05) is 82.3 Å². The summed E-state index contributed by atoms with van der Waals surface area (Å²) in [5, 5.41) is 5.79. The number of alkyl carbamates (subject to hydrolysis) is 1. The van der Waals surface area contributed by atoms with E-state index in [1.165, 1.54) is 0 Å². The molecule has 2 rings (SSSR count). The van der Waals surface area contributed by atoms with Crippen molar-refractivity contribution in [3.05, 3.63) is 71.3 Å². The van der Waals surface area contributed by atoms with Crippen molar-refractivity contribution in [3.8, 4) is 0 Å². The molecule has 1 atom stereocenters. The molecule has 0 fully saturated rings. The number of hydrogen-bond donors (Lipinski definition) is 2. The Balaban J connectivity index is 1.76. The third-order valence-corrected chi connectivity index (χ3v) is 4.16. The molecule has 2 aromatic carbocycles. The lowest BCUT2D eigenvalue weighted by molar-refractivity contribution is -0.120. The van der Waals surface area contributed by atoms with Crippen molar-refractivity contribution in [1.82, 2.24) is 10.6 Å². The molecule has 0 radical (unpaired) electrons. The van der Waals surface area contributed by atoms with Crippen LogP contribution >= 0.6 is 0 Å². The van der Waals surface area contributed by atoms with E-state index in [0.717, 1.165) is 23.1 Å². The van der Waals surface area contributed by atoms with Gasteiger partial charge in [0, 0.05) is 6.54 Å². The van der Waals surface area contributed by atoms with Gasteiger partial charge in [0.25, 0.3) is 0 Å². The van der Waals surface area contributed by atoms with Crippen LogP contribution in [-0.4, -0.2) is 24.1 Å². The van der Waals surface area contributed by atoms with Crippen molar-refractivity contribution in [1.29, 1.82) is 0 Å². The van der Waals surface area contributed by atoms with E-state index >= 15 is 0 Å². The zero-order chi connectivity index (χ0) is 20.6. The molecular formula is C23H30N2O3. The number of amides is 2. The Kier molecular flexibility index (Phi) is 7.61. The van der Waals surface area contributed by atoms with Gasteiger partial charge in [-0.3, -0.25) is 4.79 Å². The SMILES string of the molecule is CC(NC(=O)OC(C)(C)C)c1ccc(CCNC(=O)Cc2ccccc2)cc1. The molecule has 2 aromatic rings. The van der Waals surface area contributed by atoms with Crippen molar-refractivity contribution in [2.45, 2.75) is 52.2 Å². The van der Waals surface area contributed by atoms with Gasteiger partial charge >= 0.3 is 6.09 Å². The Morgan fingerprint density at radius 2 is 1.61 bits per heavy atom. The monoisotopic (exact) mass is 382 g/mol. The van der Waals surface area contributed by atoms with E-state index in [2.05, 4.69) is 10.6 Å². The van der Waals surface area contributed by atoms with E-state index in [9.17, 15) is 9.59 Å². The topological polar surface area (TPSA) is 67.4 Å². The lowest BCUT2D eigenvalue weighted by Gasteiger charge is -2.22. The summed E-state index contributed by atoms with van der Waals surface area (Å²) >= 11 is 0. The van der Waals surface area contributed by atoms with Crippen LogP contribution in [0.5, 0.6) is 0 Å². The molecule has 2 N–H and O–H groups in total. The molecule has 0 aliphatic heterocycles. The summed E-state index contributed by atoms with van der Waals surface area (Å²) in [5.74, 6) is 0.0259. The van der Waals surface area contributed by atoms with Crippen LogP contribution in [0.15, 0.2) is 54.6 Å². The van der Waals surface area contributed by atoms with Crippen molar-refractivity contribution in [2.75, 3.05) is 6.54 Å². The van der Waals surface area contributed by atoms with E-state index in [4.69, 9.17) is 4.74 Å². The van der Waals surface area contributed by atoms with Gasteiger partial charge in [0.15, 0.2) is 0 Å². The van der Waals surface area contributed by atoms with Crippen molar-refractivity contribution < 1.29 is 14.3 Å². The van der Waals surface area contributed by atoms with Gasteiger partial charge in [0.05, 0.1) is 12.5 Å². The minimum Gasteiger partial charge on any atom is -0.444 e. The Morgan fingerprint density at radius 3 is 2.21 bits per heavy atom. The van der Waals surface area contributed by atoms with Gasteiger partial charge in [-0.25, -0.2) is 4.79 Å². The van der Waals surface area contributed by atoms with Crippen molar-refractivity contribution >= 4 is 12.0 Å². The summed E-state index contributed by atoms with van der Waals surface area (Å²) in [4.78, 5) is 23.9. The van der Waals surface area contributed by atoms with E-state index in [0.29, 0.717) is 13.0 Å². The van der Waals surface area contributed by atoms with Gasteiger partial charge in [-0.05, 0) is 50.8 Å². The molecule has 5 nitrogen and oxygen atoms in total. The minimum atomic E-state index is -0.515. The fourth-order valence-corrected chi connectivity index (χ4v) is 2.73. The van der Waals surface area contributed by atoms with E-state index < -0.39 is 11.7 Å². The van der Waals surface area contributed by atoms with Crippen molar-refractivity contribution in [3.63, 3.8) is 0 Å². The molecule has 0 aliphatic carbocycles. The lowest BCUT2D eigenvalue weighted by Crippen LogP contribution is -2.34. The quantitative estimate of drug-likeness (QED) is 0.755. The van der Waals surface area contributed by atoms with Gasteiger partial charge < -0.3 is 15.4 Å². The van der Waals surface area contributed by atoms with Crippen LogP contribution in [-0.2, 0) is 22.4 Å². The molecule has 0 spiro atoms. The predicted molar refractivity (Wildman–Crippen MR) is 111 cm³/mol. The molecule has 28 heavy (non-hydrogen) atoms. The number of carbonyl (C=O) groups is 2. The number of benzene rings is 2. The molecule has 0 saturated carbocycles. The second kappa shape index (κ2) is 9.93. The zero-order valence-electron chi connectivity index (χ0n) is 17.1. The Hall–Kier alpha value is -2.82. The normalized spacial score (nSPS) is 12.1. The first kappa shape index (κ1) is 21.5. The van der Waals surface area contributed by atoms with Gasteiger partial charge in [-0.1, -0.05) is 54.6 Å². The number of nitrogens with one attached hydrogen (secondary N) is 2. The molecule has 150 valence electrons. The highest BCUT2D eigenvalue weighted by Gasteiger charge is 2.18. The summed E-state index contributed by atoms with van der Waals surface area (Å²) < 4.78 is 5.28. The average molecular weight is 383 g/mol. The maximum Gasteiger partial charge on any atom is 0.408 e. The third-order valence-electron chi connectivity index (χ3n) is 4.16. The molecule has 2 amide bonds. The molecule has 0 aliphatic rings. The number of ether oxygens (including phenoxy) is 1. The Bertz CT molecular complexity index is 765. The minimum absolute atomic E-state index is 0.0259. The van der Waals surface area contributed by atoms with Crippen LogP contribution in [0.4, 0.5) is 4.79 Å². The maximum atomic E-state index is 12.0. The van der Waals surface area contributed by atoms with Crippen molar-refractivity contribution in [2.24, 2.45) is 0 Å². The van der Waals surface area contributed by atoms with Crippen LogP contribution in [0, 0.1) is 0 Å². The van der Waals surface area contributed by atoms with Gasteiger partial charge in [-0.15, -0.1) is 0 Å². The summed E-state index contributed by atoms with van der Waals surface area (Å²) in [7, 11) is 0. The number of hydrogen-bond acceptors (Lipinski definition) is 3. The zero-order valence-corrected chi connectivity index (χ0v) is 17.1. The maximum absolute atomic E-state index is 12.0. The third kappa shape index (κ3) is 7.82. The molecule has 5 heteroatoms. The molecule has 1 unspecified atom stereocenters. The van der Waals surface area contributed by atoms with E-state index in [-0.39, 0.29) is 11.9 Å². The molecule has 0 aromatic heterocycles. The number of rotatable bonds is 7. The predicted octanol–water partition coefficient (Wildman–Crippen LogP) is 4.17. The van der Waals surface area contributed by atoms with Gasteiger partial charge in [-0.2, -0.15) is 0 Å². The summed E-state index contributed by atoms with van der Waals surface area (Å²) in [6, 6.07) is 17.6. The standard InChI is InChI=1S/C23H30N2O3/c1-17(25-22(27)28-23(2,3)4)20-12-10-18(11-13-20)14-15-24-21(26)16-19-8-6-5-7-9-19/h5-13,17H,14-16H2,1-4H3,(H,24,26)(H,25,27). The van der Waals surface area contributed by atoms with Gasteiger partial charge in [0.1, 0.15) is 5.60 Å². The second-order valence-electron chi connectivity index (χ2n) is 7.87. The summed E-state index contributed by atoms with van der Waals surface area (Å²) in [6.07, 6.45) is 0.729. The van der Waals surface area contributed by atoms with Crippen LogP contribution in [0.1, 0.15) is 50.4 Å². The first-order valence-electron chi connectivity index (χ1n) is 9.62. The second-order valence-corrected chi connectivity index (χ2v) is 7.87. The first-order chi connectivity index (χ1) is 13.2. The fourth-order valence-electron chi connectivity index (χ4n) is 2.73. The highest BCUT2D eigenvalue weighted by Crippen LogP contribution is 2.15. The average Bonchev–Trinajstić information content (AvgIpc) is 2.61. The fraction of sp³-hybridized carbons (Fsp3) is 0.391. The van der Waals surface area contributed by atoms with Crippen LogP contribution in [0.25, 0.3) is 0 Å². The highest BCUT2D eigenvalue weighted by molar-refractivity contribution is 5.78. The van der Waals surface area contributed by atoms with Gasteiger partial charge in [0.2, 0.25) is 5.91 Å². The smallest absolute Gasteiger partial charge is 0.408 e. The molecule has 0 saturated heterocycles. The van der Waals surface area contributed by atoms with Crippen LogP contribution in [0.3, 0.4) is 0 Å². The number of carbonyl (C=O) groups excluding carboxylic acids is 2. The molecular weight excluding hydrogens is 352 g/mol. The Labute approximate surface area is 167 Å². The van der Waals surface area contributed by atoms with Crippen LogP contribution < -0.4 is 10.6 Å². The van der Waals surface area contributed by atoms with Crippen LogP contribution in [0.2, 0.25) is 0 Å². The lowest BCUT2D eigenvalue weighted by atomic mass is 10.0. The first-order valence-corrected chi connectivity index (χ1v) is 9.62. The summed E-state index contributed by atoms with van der Waals surface area (Å²) in [5.41, 5.74) is 2.63. The highest BCUT2D eigenvalue weighted by atomic mass is 16.6. The van der Waals surface area contributed by atoms with E-state index in [1.54, 1.807) is 0 Å². The molecule has 0 bridgehead atoms.